The highest BCUT2D eigenvalue weighted by molar-refractivity contribution is 7.91. The molecule has 9 heteroatoms. The maximum Gasteiger partial charge on any atom is 0.358 e. The summed E-state index contributed by atoms with van der Waals surface area (Å²) in [5, 5.41) is 12.7. The van der Waals surface area contributed by atoms with Crippen LogP contribution in [0.5, 0.6) is 0 Å². The van der Waals surface area contributed by atoms with Gasteiger partial charge in [0.25, 0.3) is 0 Å². The summed E-state index contributed by atoms with van der Waals surface area (Å²) in [7, 11) is -3.51. The Kier molecular flexibility index (Phi) is 4.66. The molecule has 132 valence electrons. The van der Waals surface area contributed by atoms with Gasteiger partial charge < -0.3 is 9.63 Å². The minimum Gasteiger partial charge on any atom is -0.476 e. The van der Waals surface area contributed by atoms with Crippen molar-refractivity contribution in [1.82, 2.24) is 5.16 Å². The fraction of sp³-hybridized carbons (Fsp3) is 0.312. The van der Waals surface area contributed by atoms with Crippen molar-refractivity contribution in [3.8, 4) is 0 Å². The van der Waals surface area contributed by atoms with Gasteiger partial charge in [-0.05, 0) is 37.1 Å². The molecule has 0 amide bonds. The first-order chi connectivity index (χ1) is 11.8. The Morgan fingerprint density at radius 3 is 2.40 bits per heavy atom. The quantitative estimate of drug-likeness (QED) is 0.576. The minimum atomic E-state index is -3.51. The molecule has 25 heavy (non-hydrogen) atoms. The van der Waals surface area contributed by atoms with Gasteiger partial charge in [0.2, 0.25) is 5.69 Å². The molecule has 1 N–H and O–H groups in total. The first kappa shape index (κ1) is 17.6. The first-order valence-corrected chi connectivity index (χ1v) is 9.70. The average molecular weight is 384 g/mol. The second kappa shape index (κ2) is 6.61. The monoisotopic (exact) mass is 383 g/mol. The molecule has 1 aliphatic carbocycles. The predicted molar refractivity (Wildman–Crippen MR) is 88.1 cm³/mol. The number of benzene rings is 1. The number of aromatic nitrogens is 1. The second-order valence-corrected chi connectivity index (χ2v) is 8.20. The van der Waals surface area contributed by atoms with Crippen LogP contribution in [0.15, 0.2) is 33.7 Å². The third-order valence-corrected chi connectivity index (χ3v) is 6.06. The Balaban J connectivity index is 1.97. The summed E-state index contributed by atoms with van der Waals surface area (Å²) in [6, 6.07) is 5.30. The summed E-state index contributed by atoms with van der Waals surface area (Å²) in [5.74, 6) is -1.86. The fourth-order valence-electron chi connectivity index (χ4n) is 2.47. The molecule has 0 saturated heterocycles. The van der Waals surface area contributed by atoms with E-state index in [1.807, 2.05) is 0 Å². The zero-order valence-corrected chi connectivity index (χ0v) is 14.5. The van der Waals surface area contributed by atoms with Crippen molar-refractivity contribution in [3.05, 3.63) is 46.8 Å². The highest BCUT2D eigenvalue weighted by Crippen LogP contribution is 2.43. The van der Waals surface area contributed by atoms with Crippen LogP contribution in [-0.2, 0) is 9.84 Å². The molecule has 3 rings (SSSR count). The molecule has 0 bridgehead atoms. The number of hydrogen-bond acceptors (Lipinski definition) is 6. The van der Waals surface area contributed by atoms with Gasteiger partial charge in [-0.3, -0.25) is 4.79 Å². The maximum absolute atomic E-state index is 12.7. The molecule has 1 heterocycles. The SMILES string of the molecule is O=C(O)c1noc(C2CC2)c1C(=O)c1ccc(S(=O)(=O)CCCl)cc1. The number of nitrogens with zero attached hydrogens (tertiary/aromatic N) is 1. The Morgan fingerprint density at radius 2 is 1.88 bits per heavy atom. The van der Waals surface area contributed by atoms with Crippen LogP contribution in [0.4, 0.5) is 0 Å². The molecule has 1 fully saturated rings. The van der Waals surface area contributed by atoms with Crippen molar-refractivity contribution >= 4 is 33.2 Å². The number of ketones is 1. The van der Waals surface area contributed by atoms with Crippen LogP contribution in [0.3, 0.4) is 0 Å². The predicted octanol–water partition coefficient (Wildman–Crippen LogP) is 2.49. The van der Waals surface area contributed by atoms with Gasteiger partial charge in [0.1, 0.15) is 5.56 Å². The third-order valence-electron chi connectivity index (χ3n) is 3.92. The van der Waals surface area contributed by atoms with E-state index in [0.29, 0.717) is 0 Å². The largest absolute Gasteiger partial charge is 0.476 e. The molecule has 0 unspecified atom stereocenters. The smallest absolute Gasteiger partial charge is 0.358 e. The topological polar surface area (TPSA) is 115 Å². The van der Waals surface area contributed by atoms with Gasteiger partial charge >= 0.3 is 5.97 Å². The van der Waals surface area contributed by atoms with Crippen LogP contribution in [0.1, 0.15) is 50.9 Å². The van der Waals surface area contributed by atoms with Gasteiger partial charge in [0.15, 0.2) is 21.4 Å². The standard InChI is InChI=1S/C16H14ClNO6S/c17-7-8-25(22,23)11-5-3-9(4-6-11)14(19)12-13(16(20)21)18-24-15(12)10-1-2-10/h3-6,10H,1-2,7-8H2,(H,20,21). The lowest BCUT2D eigenvalue weighted by molar-refractivity contribution is 0.0682. The van der Waals surface area contributed by atoms with Crippen molar-refractivity contribution in [2.45, 2.75) is 23.7 Å². The first-order valence-electron chi connectivity index (χ1n) is 7.51. The lowest BCUT2D eigenvalue weighted by Gasteiger charge is -2.05. The lowest BCUT2D eigenvalue weighted by Crippen LogP contribution is -2.11. The van der Waals surface area contributed by atoms with Crippen LogP contribution < -0.4 is 0 Å². The van der Waals surface area contributed by atoms with E-state index >= 15 is 0 Å². The van der Waals surface area contributed by atoms with E-state index < -0.39 is 27.3 Å². The summed E-state index contributed by atoms with van der Waals surface area (Å²) in [4.78, 5) is 24.1. The average Bonchev–Trinajstić information content (AvgIpc) is 3.32. The van der Waals surface area contributed by atoms with E-state index in [1.165, 1.54) is 24.3 Å². The normalized spacial score (nSPS) is 14.4. The maximum atomic E-state index is 12.7. The molecule has 1 aliphatic rings. The van der Waals surface area contributed by atoms with Crippen LogP contribution in [0, 0.1) is 0 Å². The van der Waals surface area contributed by atoms with Crippen molar-refractivity contribution in [1.29, 1.82) is 0 Å². The molecular weight excluding hydrogens is 370 g/mol. The van der Waals surface area contributed by atoms with Crippen LogP contribution in [0.2, 0.25) is 0 Å². The number of carboxylic acid groups (broad SMARTS) is 1. The van der Waals surface area contributed by atoms with E-state index in [1.54, 1.807) is 0 Å². The summed E-state index contributed by atoms with van der Waals surface area (Å²) >= 11 is 5.48. The van der Waals surface area contributed by atoms with Crippen molar-refractivity contribution in [3.63, 3.8) is 0 Å². The number of hydrogen-bond donors (Lipinski definition) is 1. The molecule has 0 atom stereocenters. The number of sulfone groups is 1. The van der Waals surface area contributed by atoms with Gasteiger partial charge in [0, 0.05) is 17.4 Å². The van der Waals surface area contributed by atoms with Crippen LogP contribution in [-0.4, -0.2) is 42.1 Å². The molecule has 0 aliphatic heterocycles. The zero-order valence-electron chi connectivity index (χ0n) is 12.9. The van der Waals surface area contributed by atoms with Crippen molar-refractivity contribution in [2.24, 2.45) is 0 Å². The summed E-state index contributed by atoms with van der Waals surface area (Å²) in [5.41, 5.74) is -0.325. The van der Waals surface area contributed by atoms with E-state index in [2.05, 4.69) is 5.16 Å². The van der Waals surface area contributed by atoms with E-state index in [4.69, 9.17) is 16.1 Å². The molecule has 1 aromatic carbocycles. The molecule has 0 radical (unpaired) electrons. The van der Waals surface area contributed by atoms with Gasteiger partial charge in [-0.1, -0.05) is 5.16 Å². The highest BCUT2D eigenvalue weighted by Gasteiger charge is 2.37. The van der Waals surface area contributed by atoms with E-state index in [9.17, 15) is 23.1 Å². The number of carbonyl (C=O) groups is 2. The number of aromatic carboxylic acids is 1. The Hall–Kier alpha value is -2.19. The summed E-state index contributed by atoms with van der Waals surface area (Å²) < 4.78 is 29.0. The van der Waals surface area contributed by atoms with Crippen LogP contribution >= 0.6 is 11.6 Å². The second-order valence-electron chi connectivity index (χ2n) is 5.71. The van der Waals surface area contributed by atoms with Gasteiger partial charge in [-0.15, -0.1) is 11.6 Å². The number of carboxylic acids is 1. The molecule has 1 aromatic heterocycles. The number of carbonyl (C=O) groups excluding carboxylic acids is 1. The number of alkyl halides is 1. The fourth-order valence-corrected chi connectivity index (χ4v) is 4.07. The number of rotatable bonds is 7. The summed E-state index contributed by atoms with van der Waals surface area (Å²) in [6.45, 7) is 0. The Bertz CT molecular complexity index is 928. The highest BCUT2D eigenvalue weighted by atomic mass is 35.5. The summed E-state index contributed by atoms with van der Waals surface area (Å²) in [6.07, 6.45) is 1.62. The molecule has 1 saturated carbocycles. The van der Waals surface area contributed by atoms with Gasteiger partial charge in [-0.25, -0.2) is 13.2 Å². The van der Waals surface area contributed by atoms with Gasteiger partial charge in [0.05, 0.1) is 10.6 Å². The van der Waals surface area contributed by atoms with E-state index in [-0.39, 0.29) is 39.3 Å². The molecular formula is C16H14ClNO6S. The lowest BCUT2D eigenvalue weighted by atomic mass is 9.99. The van der Waals surface area contributed by atoms with Crippen molar-refractivity contribution in [2.75, 3.05) is 11.6 Å². The van der Waals surface area contributed by atoms with Crippen molar-refractivity contribution < 1.29 is 27.6 Å². The Labute approximate surface area is 148 Å². The number of halogens is 1. The molecule has 0 spiro atoms. The molecule has 2 aromatic rings. The van der Waals surface area contributed by atoms with Crippen LogP contribution in [0.25, 0.3) is 0 Å². The Morgan fingerprint density at radius 1 is 1.24 bits per heavy atom. The minimum absolute atomic E-state index is 0.00271. The van der Waals surface area contributed by atoms with Gasteiger partial charge in [-0.2, -0.15) is 0 Å². The third kappa shape index (κ3) is 3.45. The van der Waals surface area contributed by atoms with E-state index in [0.717, 1.165) is 12.8 Å². The zero-order chi connectivity index (χ0) is 18.2. The molecule has 7 nitrogen and oxygen atoms in total.